The third kappa shape index (κ3) is 9.51. The minimum absolute atomic E-state index is 0. The van der Waals surface area contributed by atoms with Crippen LogP contribution in [0.5, 0.6) is 0 Å². The maximum atomic E-state index is 11.5. The first-order valence-corrected chi connectivity index (χ1v) is 8.43. The molecule has 0 spiro atoms. The van der Waals surface area contributed by atoms with Gasteiger partial charge in [0, 0.05) is 6.42 Å². The van der Waals surface area contributed by atoms with Crippen molar-refractivity contribution >= 4 is 17.8 Å². The first kappa shape index (κ1) is 21.8. The SMILES string of the molecule is CCCCCCCCCCCC(=O)OC[NH+]1C(=O)C=CC1=O.[Cl-]. The number of imide groups is 1. The molecule has 1 aliphatic rings. The molecule has 0 aliphatic carbocycles. The number of hydrogen-bond donors (Lipinski definition) is 1. The second kappa shape index (κ2) is 13.3. The van der Waals surface area contributed by atoms with Crippen LogP contribution in [0.3, 0.4) is 0 Å². The van der Waals surface area contributed by atoms with Gasteiger partial charge in [-0.25, -0.2) is 9.59 Å². The largest absolute Gasteiger partial charge is 1.00 e. The fourth-order valence-corrected chi connectivity index (χ4v) is 2.42. The van der Waals surface area contributed by atoms with Gasteiger partial charge >= 0.3 is 17.8 Å². The first-order chi connectivity index (χ1) is 10.6. The molecule has 0 unspecified atom stereocenters. The quantitative estimate of drug-likeness (QED) is 0.278. The summed E-state index contributed by atoms with van der Waals surface area (Å²) in [5.41, 5.74) is 0. The molecule has 0 saturated carbocycles. The Labute approximate surface area is 144 Å². The lowest BCUT2D eigenvalue weighted by Gasteiger charge is -2.08. The highest BCUT2D eigenvalue weighted by atomic mass is 35.5. The van der Waals surface area contributed by atoms with Crippen LogP contribution in [0.15, 0.2) is 12.2 Å². The second-order valence-corrected chi connectivity index (χ2v) is 5.78. The molecule has 1 N–H and O–H groups in total. The number of nitrogens with one attached hydrogen (secondary N) is 1. The van der Waals surface area contributed by atoms with Crippen LogP contribution in [-0.4, -0.2) is 24.5 Å². The van der Waals surface area contributed by atoms with E-state index in [1.165, 1.54) is 50.7 Å². The van der Waals surface area contributed by atoms with E-state index in [4.69, 9.17) is 4.74 Å². The fourth-order valence-electron chi connectivity index (χ4n) is 2.42. The number of quaternary nitrogens is 1. The third-order valence-corrected chi connectivity index (χ3v) is 3.84. The van der Waals surface area contributed by atoms with Gasteiger partial charge in [-0.1, -0.05) is 58.3 Å². The molecule has 0 aromatic rings. The Morgan fingerprint density at radius 3 is 1.91 bits per heavy atom. The van der Waals surface area contributed by atoms with Gasteiger partial charge in [0.25, 0.3) is 0 Å². The van der Waals surface area contributed by atoms with Crippen molar-refractivity contribution in [2.75, 3.05) is 6.73 Å². The van der Waals surface area contributed by atoms with E-state index in [1.807, 2.05) is 0 Å². The van der Waals surface area contributed by atoms with Crippen LogP contribution in [0.25, 0.3) is 0 Å². The van der Waals surface area contributed by atoms with E-state index in [9.17, 15) is 14.4 Å². The Bertz CT molecular complexity index is 391. The van der Waals surface area contributed by atoms with E-state index < -0.39 is 0 Å². The van der Waals surface area contributed by atoms with Crippen molar-refractivity contribution in [1.29, 1.82) is 0 Å². The summed E-state index contributed by atoms with van der Waals surface area (Å²) in [6.45, 7) is 2.02. The van der Waals surface area contributed by atoms with E-state index in [2.05, 4.69) is 6.92 Å². The molecule has 0 bridgehead atoms. The zero-order valence-corrected chi connectivity index (χ0v) is 14.7. The van der Waals surface area contributed by atoms with E-state index >= 15 is 0 Å². The Kier molecular flexibility index (Phi) is 12.6. The summed E-state index contributed by atoms with van der Waals surface area (Å²) in [5, 5.41) is 0. The number of rotatable bonds is 12. The fraction of sp³-hybridized carbons (Fsp3) is 0.706. The lowest BCUT2D eigenvalue weighted by Crippen LogP contribution is -3.15. The van der Waals surface area contributed by atoms with Crippen LogP contribution in [0.1, 0.15) is 71.1 Å². The normalized spacial score (nSPS) is 14.1. The van der Waals surface area contributed by atoms with Crippen LogP contribution < -0.4 is 17.3 Å². The Balaban J connectivity index is 0.00000484. The number of unbranched alkanes of at least 4 members (excludes halogenated alkanes) is 8. The molecular weight excluding hydrogens is 318 g/mol. The predicted octanol–water partition coefficient (Wildman–Crippen LogP) is -1.08. The Morgan fingerprint density at radius 2 is 1.39 bits per heavy atom. The molecule has 0 radical (unpaired) electrons. The zero-order valence-electron chi connectivity index (χ0n) is 13.9. The first-order valence-electron chi connectivity index (χ1n) is 8.43. The average molecular weight is 346 g/mol. The molecule has 132 valence electrons. The van der Waals surface area contributed by atoms with Crippen molar-refractivity contribution < 1.29 is 36.4 Å². The van der Waals surface area contributed by atoms with Crippen molar-refractivity contribution in [2.24, 2.45) is 0 Å². The van der Waals surface area contributed by atoms with Crippen molar-refractivity contribution in [3.8, 4) is 0 Å². The zero-order chi connectivity index (χ0) is 16.2. The average Bonchev–Trinajstić information content (AvgIpc) is 2.82. The Morgan fingerprint density at radius 1 is 0.913 bits per heavy atom. The van der Waals surface area contributed by atoms with Gasteiger partial charge in [-0.05, 0) is 6.42 Å². The summed E-state index contributed by atoms with van der Waals surface area (Å²) in [6, 6.07) is 0. The minimum atomic E-state index is -0.346. The van der Waals surface area contributed by atoms with Crippen LogP contribution >= 0.6 is 0 Å². The summed E-state index contributed by atoms with van der Waals surface area (Å²) in [5.74, 6) is -1.02. The van der Waals surface area contributed by atoms with Gasteiger partial charge in [0.15, 0.2) is 0 Å². The van der Waals surface area contributed by atoms with E-state index in [1.54, 1.807) is 0 Å². The molecule has 6 heteroatoms. The smallest absolute Gasteiger partial charge is 0.347 e. The van der Waals surface area contributed by atoms with Crippen molar-refractivity contribution in [3.05, 3.63) is 12.2 Å². The Hall–Kier alpha value is -1.20. The van der Waals surface area contributed by atoms with Crippen molar-refractivity contribution in [2.45, 2.75) is 71.1 Å². The molecule has 1 heterocycles. The number of hydrogen-bond acceptors (Lipinski definition) is 4. The van der Waals surface area contributed by atoms with Crippen LogP contribution in [0.4, 0.5) is 0 Å². The standard InChI is InChI=1S/C17H27NO4.ClH/c1-2-3-4-5-6-7-8-9-10-11-17(21)22-14-18-15(19)12-13-16(18)20;/h12-13H,2-11,14H2,1H3;1H. The highest BCUT2D eigenvalue weighted by molar-refractivity contribution is 6.01. The number of esters is 1. The maximum absolute atomic E-state index is 11.5. The third-order valence-electron chi connectivity index (χ3n) is 3.84. The molecule has 2 amide bonds. The number of carbonyl (C=O) groups is 3. The van der Waals surface area contributed by atoms with Gasteiger partial charge in [-0.2, -0.15) is 4.90 Å². The van der Waals surface area contributed by atoms with Gasteiger partial charge in [0.1, 0.15) is 0 Å². The van der Waals surface area contributed by atoms with Gasteiger partial charge in [0.05, 0.1) is 12.2 Å². The lowest BCUT2D eigenvalue weighted by molar-refractivity contribution is -0.753. The van der Waals surface area contributed by atoms with E-state index in [0.717, 1.165) is 19.3 Å². The summed E-state index contributed by atoms with van der Waals surface area (Å²) in [6.07, 6.45) is 13.5. The van der Waals surface area contributed by atoms with Crippen LogP contribution in [0, 0.1) is 0 Å². The number of ether oxygens (including phenoxy) is 1. The molecule has 0 aromatic heterocycles. The van der Waals surface area contributed by atoms with Crippen LogP contribution in [-0.2, 0) is 19.1 Å². The summed E-state index contributed by atoms with van der Waals surface area (Å²) in [7, 11) is 0. The molecule has 1 rings (SSSR count). The van der Waals surface area contributed by atoms with Crippen LogP contribution in [0.2, 0.25) is 0 Å². The number of halogens is 1. The number of amides is 2. The molecule has 1 aliphatic heterocycles. The molecule has 0 aromatic carbocycles. The summed E-state index contributed by atoms with van der Waals surface area (Å²) in [4.78, 5) is 34.2. The predicted molar refractivity (Wildman–Crippen MR) is 82.9 cm³/mol. The molecule has 0 fully saturated rings. The van der Waals surface area contributed by atoms with Gasteiger partial charge in [-0.15, -0.1) is 0 Å². The monoisotopic (exact) mass is 345 g/mol. The number of carbonyl (C=O) groups excluding carboxylic acids is 3. The van der Waals surface area contributed by atoms with Crippen molar-refractivity contribution in [3.63, 3.8) is 0 Å². The molecule has 0 atom stereocenters. The highest BCUT2D eigenvalue weighted by Crippen LogP contribution is 2.10. The molecule has 5 nitrogen and oxygen atoms in total. The molecule has 23 heavy (non-hydrogen) atoms. The summed E-state index contributed by atoms with van der Waals surface area (Å²) >= 11 is 0. The topological polar surface area (TPSA) is 64.9 Å². The van der Waals surface area contributed by atoms with E-state index in [0.29, 0.717) is 6.42 Å². The molecular formula is C17H28ClNO4. The molecule has 0 saturated heterocycles. The van der Waals surface area contributed by atoms with Gasteiger partial charge in [0.2, 0.25) is 6.73 Å². The lowest BCUT2D eigenvalue weighted by atomic mass is 10.1. The van der Waals surface area contributed by atoms with E-state index in [-0.39, 0.29) is 41.8 Å². The van der Waals surface area contributed by atoms with Gasteiger partial charge in [-0.3, -0.25) is 4.79 Å². The highest BCUT2D eigenvalue weighted by Gasteiger charge is 2.31. The van der Waals surface area contributed by atoms with Gasteiger partial charge < -0.3 is 17.1 Å². The second-order valence-electron chi connectivity index (χ2n) is 5.78. The summed E-state index contributed by atoms with van der Waals surface area (Å²) < 4.78 is 4.98. The van der Waals surface area contributed by atoms with Crippen molar-refractivity contribution in [1.82, 2.24) is 0 Å². The maximum Gasteiger partial charge on any atom is 0.347 e. The minimum Gasteiger partial charge on any atom is -1.00 e.